The predicted octanol–water partition coefficient (Wildman–Crippen LogP) is 3.39. The summed E-state index contributed by atoms with van der Waals surface area (Å²) in [5.41, 5.74) is 2.62. The van der Waals surface area contributed by atoms with Crippen LogP contribution in [0.15, 0.2) is 36.4 Å². The summed E-state index contributed by atoms with van der Waals surface area (Å²) in [4.78, 5) is 44.8. The number of nitrogens with one attached hydrogen (secondary N) is 1. The lowest BCUT2D eigenvalue weighted by molar-refractivity contribution is -0.135. The quantitative estimate of drug-likeness (QED) is 0.697. The Morgan fingerprint density at radius 1 is 1.06 bits per heavy atom. The molecule has 0 saturated carbocycles. The Morgan fingerprint density at radius 3 is 2.65 bits per heavy atom. The van der Waals surface area contributed by atoms with Gasteiger partial charge in [-0.1, -0.05) is 35.9 Å². The molecule has 4 heterocycles. The fourth-order valence-corrected chi connectivity index (χ4v) is 6.62. The number of carbonyl (C=O) groups is 3. The fourth-order valence-electron chi connectivity index (χ4n) is 6.45. The number of carbonyl (C=O) groups excluding carboxylic acids is 3. The number of hydrogen-bond acceptors (Lipinski definition) is 4. The van der Waals surface area contributed by atoms with E-state index >= 15 is 0 Å². The van der Waals surface area contributed by atoms with Gasteiger partial charge in [0.25, 0.3) is 0 Å². The highest BCUT2D eigenvalue weighted by Gasteiger charge is 2.74. The van der Waals surface area contributed by atoms with Crippen LogP contribution in [0.2, 0.25) is 5.02 Å². The monoisotopic (exact) mass is 435 g/mol. The molecule has 4 atom stereocenters. The topological polar surface area (TPSA) is 69.7 Å². The van der Waals surface area contributed by atoms with Crippen molar-refractivity contribution < 1.29 is 14.4 Å². The van der Waals surface area contributed by atoms with Crippen LogP contribution in [-0.2, 0) is 19.9 Å². The first kappa shape index (κ1) is 19.0. The van der Waals surface area contributed by atoms with Crippen molar-refractivity contribution in [3.63, 3.8) is 0 Å². The van der Waals surface area contributed by atoms with E-state index in [0.717, 1.165) is 29.7 Å². The Kier molecular flexibility index (Phi) is 3.79. The maximum atomic E-state index is 13.9. The Hall–Kier alpha value is -2.70. The molecule has 3 saturated heterocycles. The molecule has 7 heteroatoms. The average molecular weight is 436 g/mol. The first-order valence-electron chi connectivity index (χ1n) is 10.7. The van der Waals surface area contributed by atoms with Crippen molar-refractivity contribution in [1.82, 2.24) is 4.90 Å². The average Bonchev–Trinajstić information content (AvgIpc) is 3.44. The van der Waals surface area contributed by atoms with Crippen molar-refractivity contribution in [2.45, 2.75) is 38.3 Å². The molecule has 158 valence electrons. The largest absolute Gasteiger partial charge is 0.324 e. The zero-order valence-corrected chi connectivity index (χ0v) is 18.1. The lowest BCUT2D eigenvalue weighted by Crippen LogP contribution is -2.54. The van der Waals surface area contributed by atoms with Crippen LogP contribution in [0.1, 0.15) is 29.5 Å². The minimum Gasteiger partial charge on any atom is -0.324 e. The summed E-state index contributed by atoms with van der Waals surface area (Å²) in [6.45, 7) is 4.47. The van der Waals surface area contributed by atoms with Gasteiger partial charge in [-0.2, -0.15) is 0 Å². The molecule has 0 bridgehead atoms. The highest BCUT2D eigenvalue weighted by Crippen LogP contribution is 2.61. The molecule has 4 aliphatic rings. The van der Waals surface area contributed by atoms with E-state index in [1.165, 1.54) is 4.90 Å². The second-order valence-electron chi connectivity index (χ2n) is 9.02. The molecule has 2 aromatic rings. The Morgan fingerprint density at radius 2 is 1.84 bits per heavy atom. The number of fused-ring (bicyclic) bond motifs is 7. The van der Waals surface area contributed by atoms with E-state index in [1.807, 2.05) is 32.0 Å². The number of hydrogen-bond donors (Lipinski definition) is 1. The molecular weight excluding hydrogens is 414 g/mol. The van der Waals surface area contributed by atoms with E-state index in [1.54, 1.807) is 18.2 Å². The third kappa shape index (κ3) is 2.10. The Labute approximate surface area is 185 Å². The van der Waals surface area contributed by atoms with Gasteiger partial charge < -0.3 is 5.32 Å². The molecule has 3 fully saturated rings. The van der Waals surface area contributed by atoms with Crippen molar-refractivity contribution in [1.29, 1.82) is 0 Å². The first-order chi connectivity index (χ1) is 14.9. The van der Waals surface area contributed by atoms with E-state index < -0.39 is 17.4 Å². The molecule has 3 amide bonds. The molecule has 6 rings (SSSR count). The first-order valence-corrected chi connectivity index (χ1v) is 11.1. The van der Waals surface area contributed by atoms with Crippen molar-refractivity contribution in [3.8, 4) is 0 Å². The number of aryl methyl sites for hydroxylation is 1. The lowest BCUT2D eigenvalue weighted by atomic mass is 9.75. The van der Waals surface area contributed by atoms with E-state index in [9.17, 15) is 14.4 Å². The number of amides is 3. The van der Waals surface area contributed by atoms with Gasteiger partial charge in [0.2, 0.25) is 17.7 Å². The van der Waals surface area contributed by atoms with E-state index in [2.05, 4.69) is 10.2 Å². The van der Waals surface area contributed by atoms with Gasteiger partial charge in [-0.15, -0.1) is 0 Å². The fraction of sp³-hybridized carbons (Fsp3) is 0.375. The number of para-hydroxylation sites is 1. The van der Waals surface area contributed by atoms with Gasteiger partial charge in [0, 0.05) is 22.3 Å². The highest BCUT2D eigenvalue weighted by molar-refractivity contribution is 6.32. The van der Waals surface area contributed by atoms with Crippen LogP contribution >= 0.6 is 11.6 Å². The predicted molar refractivity (Wildman–Crippen MR) is 117 cm³/mol. The summed E-state index contributed by atoms with van der Waals surface area (Å²) in [7, 11) is 0. The summed E-state index contributed by atoms with van der Waals surface area (Å²) in [5, 5.41) is 3.56. The summed E-state index contributed by atoms with van der Waals surface area (Å²) in [6, 6.07) is 10.9. The minimum atomic E-state index is -1.14. The Bertz CT molecular complexity index is 1190. The van der Waals surface area contributed by atoms with Crippen LogP contribution in [0.4, 0.5) is 11.4 Å². The molecule has 0 radical (unpaired) electrons. The zero-order valence-electron chi connectivity index (χ0n) is 17.3. The van der Waals surface area contributed by atoms with Gasteiger partial charge in [0.05, 0.1) is 17.5 Å². The third-order valence-electron chi connectivity index (χ3n) is 7.72. The van der Waals surface area contributed by atoms with Crippen LogP contribution < -0.4 is 10.2 Å². The van der Waals surface area contributed by atoms with Gasteiger partial charge in [-0.25, -0.2) is 4.90 Å². The van der Waals surface area contributed by atoms with Crippen molar-refractivity contribution in [2.24, 2.45) is 11.8 Å². The van der Waals surface area contributed by atoms with Gasteiger partial charge in [-0.05, 0) is 56.5 Å². The maximum Gasteiger partial charge on any atom is 0.250 e. The third-order valence-corrected chi connectivity index (χ3v) is 8.13. The molecule has 0 unspecified atom stereocenters. The van der Waals surface area contributed by atoms with Gasteiger partial charge in [0.15, 0.2) is 0 Å². The maximum absolute atomic E-state index is 13.9. The van der Waals surface area contributed by atoms with Crippen LogP contribution in [0.5, 0.6) is 0 Å². The molecular formula is C24H22ClN3O3. The van der Waals surface area contributed by atoms with E-state index in [0.29, 0.717) is 22.8 Å². The molecule has 0 aromatic heterocycles. The highest BCUT2D eigenvalue weighted by atomic mass is 35.5. The Balaban J connectivity index is 1.58. The molecule has 1 spiro atoms. The molecule has 0 aliphatic carbocycles. The van der Waals surface area contributed by atoms with Gasteiger partial charge in [-0.3, -0.25) is 19.3 Å². The molecule has 1 N–H and O–H groups in total. The summed E-state index contributed by atoms with van der Waals surface area (Å²) in [5.74, 6) is -2.00. The van der Waals surface area contributed by atoms with Crippen LogP contribution in [0.25, 0.3) is 0 Å². The van der Waals surface area contributed by atoms with Crippen LogP contribution in [0, 0.1) is 25.7 Å². The van der Waals surface area contributed by atoms with Crippen molar-refractivity contribution in [2.75, 3.05) is 16.8 Å². The van der Waals surface area contributed by atoms with E-state index in [-0.39, 0.29) is 23.8 Å². The SMILES string of the molecule is Cc1cccc2c1NC(=O)[C@@]21[C@@H]2C(=O)N(c3cccc(Cl)c3C)C(=O)[C@@H]2[C@@H]2CCCN21. The lowest BCUT2D eigenvalue weighted by Gasteiger charge is -2.36. The molecule has 2 aromatic carbocycles. The molecule has 6 nitrogen and oxygen atoms in total. The smallest absolute Gasteiger partial charge is 0.250 e. The second-order valence-corrected chi connectivity index (χ2v) is 9.43. The number of benzene rings is 2. The number of anilines is 2. The summed E-state index contributed by atoms with van der Waals surface area (Å²) < 4.78 is 0. The number of nitrogens with zero attached hydrogens (tertiary/aromatic N) is 2. The minimum absolute atomic E-state index is 0.122. The van der Waals surface area contributed by atoms with E-state index in [4.69, 9.17) is 11.6 Å². The standard InChI is InChI=1S/C24H22ClN3O3/c1-12-6-3-7-14-20(12)26-23(31)24(14)19-18(17-10-5-11-27(17)24)21(29)28(22(19)30)16-9-4-8-15(25)13(16)2/h3-4,6-9,17-19H,5,10-11H2,1-2H3,(H,26,31)/t17-,18+,19-,24-/m0/s1. The van der Waals surface area contributed by atoms with Crippen molar-refractivity contribution in [3.05, 3.63) is 58.1 Å². The normalized spacial score (nSPS) is 31.4. The van der Waals surface area contributed by atoms with Crippen molar-refractivity contribution >= 4 is 40.7 Å². The second kappa shape index (κ2) is 6.17. The van der Waals surface area contributed by atoms with Gasteiger partial charge >= 0.3 is 0 Å². The van der Waals surface area contributed by atoms with Crippen LogP contribution in [-0.4, -0.2) is 35.2 Å². The summed E-state index contributed by atoms with van der Waals surface area (Å²) in [6.07, 6.45) is 1.71. The zero-order chi connectivity index (χ0) is 21.7. The van der Waals surface area contributed by atoms with Crippen LogP contribution in [0.3, 0.4) is 0 Å². The number of halogens is 1. The summed E-state index contributed by atoms with van der Waals surface area (Å²) >= 11 is 6.30. The van der Waals surface area contributed by atoms with Gasteiger partial charge in [0.1, 0.15) is 5.54 Å². The number of rotatable bonds is 1. The molecule has 31 heavy (non-hydrogen) atoms. The molecule has 4 aliphatic heterocycles. The number of imide groups is 1.